The van der Waals surface area contributed by atoms with Gasteiger partial charge in [-0.2, -0.15) is 0 Å². The van der Waals surface area contributed by atoms with Crippen LogP contribution in [0.4, 0.5) is 5.69 Å². The number of hydrogen-bond donors (Lipinski definition) is 2. The number of para-hydroxylation sites is 1. The lowest BCUT2D eigenvalue weighted by atomic mass is 10.1. The highest BCUT2D eigenvalue weighted by atomic mass is 32.2. The third kappa shape index (κ3) is 4.14. The van der Waals surface area contributed by atoms with Gasteiger partial charge in [0.2, 0.25) is 5.91 Å². The van der Waals surface area contributed by atoms with Crippen molar-refractivity contribution in [3.63, 3.8) is 0 Å². The minimum absolute atomic E-state index is 0.128. The van der Waals surface area contributed by atoms with Crippen LogP contribution in [0.2, 0.25) is 0 Å². The van der Waals surface area contributed by atoms with Gasteiger partial charge < -0.3 is 10.3 Å². The van der Waals surface area contributed by atoms with Crippen molar-refractivity contribution in [1.29, 1.82) is 0 Å². The van der Waals surface area contributed by atoms with Crippen molar-refractivity contribution in [1.82, 2.24) is 14.5 Å². The number of nitrogens with zero attached hydrogens (tertiary/aromatic N) is 2. The summed E-state index contributed by atoms with van der Waals surface area (Å²) in [5, 5.41) is 3.52. The normalized spacial score (nSPS) is 11.1. The van der Waals surface area contributed by atoms with Crippen LogP contribution >= 0.6 is 11.8 Å². The molecule has 0 saturated heterocycles. The molecule has 7 heteroatoms. The molecule has 2 heterocycles. The first-order valence-electron chi connectivity index (χ1n) is 10.2. The van der Waals surface area contributed by atoms with E-state index in [0.29, 0.717) is 22.7 Å². The SMILES string of the molecule is CCn1c(SCC(=O)Nc2c(C)cccc2C)nc2c(-c3ccccc3)c[nH]c2c1=O. The van der Waals surface area contributed by atoms with Gasteiger partial charge in [0.1, 0.15) is 11.0 Å². The molecule has 0 fully saturated rings. The zero-order valence-electron chi connectivity index (χ0n) is 17.7. The number of nitrogens with one attached hydrogen (secondary N) is 2. The van der Waals surface area contributed by atoms with Crippen LogP contribution in [0.5, 0.6) is 0 Å². The molecule has 1 amide bonds. The zero-order valence-corrected chi connectivity index (χ0v) is 18.5. The minimum atomic E-state index is -0.132. The van der Waals surface area contributed by atoms with E-state index in [2.05, 4.69) is 10.3 Å². The number of hydrogen-bond acceptors (Lipinski definition) is 4. The van der Waals surface area contributed by atoms with Crippen LogP contribution in [0.3, 0.4) is 0 Å². The van der Waals surface area contributed by atoms with E-state index >= 15 is 0 Å². The Kier molecular flexibility index (Phi) is 5.95. The number of aryl methyl sites for hydroxylation is 2. The van der Waals surface area contributed by atoms with Crippen molar-refractivity contribution in [3.8, 4) is 11.1 Å². The van der Waals surface area contributed by atoms with E-state index < -0.39 is 0 Å². The van der Waals surface area contributed by atoms with Crippen LogP contribution in [0, 0.1) is 13.8 Å². The maximum atomic E-state index is 13.0. The van der Waals surface area contributed by atoms with Gasteiger partial charge in [0.05, 0.1) is 5.75 Å². The van der Waals surface area contributed by atoms with Crippen LogP contribution in [0.25, 0.3) is 22.2 Å². The van der Waals surface area contributed by atoms with E-state index in [0.717, 1.165) is 27.9 Å². The molecule has 4 rings (SSSR count). The number of aromatic amines is 1. The third-order valence-electron chi connectivity index (χ3n) is 5.23. The maximum absolute atomic E-state index is 13.0. The predicted octanol–water partition coefficient (Wildman–Crippen LogP) is 4.76. The number of amides is 1. The number of rotatable bonds is 6. The molecule has 31 heavy (non-hydrogen) atoms. The molecule has 0 radical (unpaired) electrons. The standard InChI is InChI=1S/C24H24N4O2S/c1-4-28-23(30)22-21(18(13-25-22)17-11-6-5-7-12-17)27-24(28)31-14-19(29)26-20-15(2)9-8-10-16(20)3/h5-13,25H,4,14H2,1-3H3,(H,26,29). The van der Waals surface area contributed by atoms with E-state index in [4.69, 9.17) is 4.98 Å². The number of anilines is 1. The number of H-pyrrole nitrogens is 1. The smallest absolute Gasteiger partial charge is 0.278 e. The van der Waals surface area contributed by atoms with Crippen LogP contribution in [-0.2, 0) is 11.3 Å². The van der Waals surface area contributed by atoms with Crippen molar-refractivity contribution >= 4 is 34.4 Å². The largest absolute Gasteiger partial charge is 0.355 e. The fourth-order valence-corrected chi connectivity index (χ4v) is 4.47. The minimum Gasteiger partial charge on any atom is -0.355 e. The molecule has 0 saturated carbocycles. The maximum Gasteiger partial charge on any atom is 0.278 e. The summed E-state index contributed by atoms with van der Waals surface area (Å²) in [6, 6.07) is 15.7. The summed E-state index contributed by atoms with van der Waals surface area (Å²) < 4.78 is 1.60. The first-order chi connectivity index (χ1) is 15.0. The number of carbonyl (C=O) groups excluding carboxylic acids is 1. The monoisotopic (exact) mass is 432 g/mol. The second kappa shape index (κ2) is 8.81. The molecular formula is C24H24N4O2S. The second-order valence-electron chi connectivity index (χ2n) is 7.34. The lowest BCUT2D eigenvalue weighted by Gasteiger charge is -2.13. The number of thioether (sulfide) groups is 1. The predicted molar refractivity (Wildman–Crippen MR) is 127 cm³/mol. The quantitative estimate of drug-likeness (QED) is 0.340. The Labute approximate surface area is 184 Å². The molecule has 158 valence electrons. The average molecular weight is 433 g/mol. The summed E-state index contributed by atoms with van der Waals surface area (Å²) in [7, 11) is 0. The average Bonchev–Trinajstić information content (AvgIpc) is 3.20. The van der Waals surface area contributed by atoms with Crippen LogP contribution in [0.15, 0.2) is 64.7 Å². The van der Waals surface area contributed by atoms with Gasteiger partial charge >= 0.3 is 0 Å². The highest BCUT2D eigenvalue weighted by molar-refractivity contribution is 7.99. The van der Waals surface area contributed by atoms with Crippen LogP contribution in [0.1, 0.15) is 18.1 Å². The summed E-state index contributed by atoms with van der Waals surface area (Å²) in [5.74, 6) is 0.0355. The molecule has 4 aromatic rings. The Morgan fingerprint density at radius 2 is 1.81 bits per heavy atom. The summed E-state index contributed by atoms with van der Waals surface area (Å²) in [5.41, 5.74) is 5.69. The highest BCUT2D eigenvalue weighted by Crippen LogP contribution is 2.28. The molecule has 2 aromatic carbocycles. The van der Waals surface area contributed by atoms with Crippen LogP contribution < -0.4 is 10.9 Å². The van der Waals surface area contributed by atoms with E-state index in [1.807, 2.05) is 75.5 Å². The lowest BCUT2D eigenvalue weighted by Crippen LogP contribution is -2.23. The molecule has 0 aliphatic heterocycles. The van der Waals surface area contributed by atoms with Gasteiger partial charge in [-0.15, -0.1) is 0 Å². The van der Waals surface area contributed by atoms with Gasteiger partial charge in [-0.3, -0.25) is 14.2 Å². The van der Waals surface area contributed by atoms with E-state index in [-0.39, 0.29) is 17.2 Å². The molecule has 6 nitrogen and oxygen atoms in total. The summed E-state index contributed by atoms with van der Waals surface area (Å²) in [6.45, 7) is 6.31. The second-order valence-corrected chi connectivity index (χ2v) is 8.28. The van der Waals surface area contributed by atoms with Gasteiger partial charge in [0.25, 0.3) is 5.56 Å². The molecule has 0 aliphatic rings. The van der Waals surface area contributed by atoms with Gasteiger partial charge in [-0.1, -0.05) is 60.3 Å². The topological polar surface area (TPSA) is 79.8 Å². The Morgan fingerprint density at radius 3 is 2.48 bits per heavy atom. The van der Waals surface area contributed by atoms with E-state index in [1.165, 1.54) is 11.8 Å². The molecule has 0 spiro atoms. The van der Waals surface area contributed by atoms with E-state index in [9.17, 15) is 9.59 Å². The molecule has 0 bridgehead atoms. The number of aromatic nitrogens is 3. The Bertz CT molecular complexity index is 1290. The molecule has 0 unspecified atom stereocenters. The third-order valence-corrected chi connectivity index (χ3v) is 6.21. The molecule has 2 aromatic heterocycles. The lowest BCUT2D eigenvalue weighted by molar-refractivity contribution is -0.113. The Morgan fingerprint density at radius 1 is 1.10 bits per heavy atom. The fraction of sp³-hybridized carbons (Fsp3) is 0.208. The first-order valence-corrected chi connectivity index (χ1v) is 11.1. The summed E-state index contributed by atoms with van der Waals surface area (Å²) in [4.78, 5) is 33.5. The summed E-state index contributed by atoms with van der Waals surface area (Å²) in [6.07, 6.45) is 1.82. The van der Waals surface area contributed by atoms with Gasteiger partial charge in [0, 0.05) is 24.0 Å². The van der Waals surface area contributed by atoms with Gasteiger partial charge in [-0.25, -0.2) is 4.98 Å². The summed E-state index contributed by atoms with van der Waals surface area (Å²) >= 11 is 1.27. The number of fused-ring (bicyclic) bond motifs is 1. The zero-order chi connectivity index (χ0) is 22.0. The molecule has 0 atom stereocenters. The van der Waals surface area contributed by atoms with Crippen molar-refractivity contribution in [3.05, 3.63) is 76.2 Å². The Balaban J connectivity index is 1.64. The van der Waals surface area contributed by atoms with Gasteiger partial charge in [-0.05, 0) is 37.5 Å². The van der Waals surface area contributed by atoms with E-state index in [1.54, 1.807) is 4.57 Å². The first kappa shape index (κ1) is 20.9. The molecule has 2 N–H and O–H groups in total. The van der Waals surface area contributed by atoms with Crippen molar-refractivity contribution in [2.24, 2.45) is 0 Å². The fourth-order valence-electron chi connectivity index (χ4n) is 3.62. The number of carbonyl (C=O) groups is 1. The highest BCUT2D eigenvalue weighted by Gasteiger charge is 2.17. The number of benzene rings is 2. The van der Waals surface area contributed by atoms with Gasteiger partial charge in [0.15, 0.2) is 5.16 Å². The molecule has 0 aliphatic carbocycles. The van der Waals surface area contributed by atoms with Crippen molar-refractivity contribution in [2.75, 3.05) is 11.1 Å². The Hall–Kier alpha value is -3.32. The van der Waals surface area contributed by atoms with Crippen molar-refractivity contribution < 1.29 is 4.79 Å². The molecular weight excluding hydrogens is 408 g/mol. The van der Waals surface area contributed by atoms with Crippen molar-refractivity contribution in [2.45, 2.75) is 32.5 Å². The van der Waals surface area contributed by atoms with Crippen LogP contribution in [-0.4, -0.2) is 26.2 Å².